The average Bonchev–Trinajstić information content (AvgIpc) is 2.79. The van der Waals surface area contributed by atoms with E-state index in [0.717, 1.165) is 29.6 Å². The highest BCUT2D eigenvalue weighted by Gasteiger charge is 2.29. The number of carbonyl (C=O) groups is 1. The maximum absolute atomic E-state index is 12.3. The fourth-order valence-electron chi connectivity index (χ4n) is 2.71. The van der Waals surface area contributed by atoms with Gasteiger partial charge in [0.1, 0.15) is 0 Å². The first-order valence-electron chi connectivity index (χ1n) is 6.71. The molecule has 1 aliphatic rings. The third-order valence-electron chi connectivity index (χ3n) is 3.49. The first-order valence-corrected chi connectivity index (χ1v) is 6.71. The fourth-order valence-corrected chi connectivity index (χ4v) is 2.71. The van der Waals surface area contributed by atoms with Gasteiger partial charge in [0, 0.05) is 18.4 Å². The second kappa shape index (κ2) is 4.08. The minimum Gasteiger partial charge on any atom is -0.311 e. The van der Waals surface area contributed by atoms with Crippen LogP contribution in [0.5, 0.6) is 0 Å². The van der Waals surface area contributed by atoms with E-state index < -0.39 is 0 Å². The van der Waals surface area contributed by atoms with Crippen molar-refractivity contribution >= 4 is 22.5 Å². The number of aromatic nitrogens is 2. The quantitative estimate of drug-likeness (QED) is 0.854. The summed E-state index contributed by atoms with van der Waals surface area (Å²) in [5.41, 5.74) is 3.37. The van der Waals surface area contributed by atoms with Crippen molar-refractivity contribution in [3.8, 4) is 0 Å². The van der Waals surface area contributed by atoms with Gasteiger partial charge < -0.3 is 4.90 Å². The molecule has 100 valence electrons. The second-order valence-corrected chi connectivity index (χ2v) is 6.45. The lowest BCUT2D eigenvalue weighted by Crippen LogP contribution is -2.40. The van der Waals surface area contributed by atoms with E-state index in [-0.39, 0.29) is 11.3 Å². The van der Waals surface area contributed by atoms with Crippen LogP contribution < -0.4 is 4.90 Å². The molecule has 0 spiro atoms. The van der Waals surface area contributed by atoms with Crippen molar-refractivity contribution in [3.05, 3.63) is 23.9 Å². The molecule has 0 fully saturated rings. The molecule has 0 unspecified atom stereocenters. The van der Waals surface area contributed by atoms with E-state index in [2.05, 4.69) is 37.0 Å². The van der Waals surface area contributed by atoms with Crippen molar-refractivity contribution in [1.29, 1.82) is 0 Å². The van der Waals surface area contributed by atoms with E-state index in [1.165, 1.54) is 5.56 Å². The summed E-state index contributed by atoms with van der Waals surface area (Å²) in [5.74, 6) is 0.219. The molecule has 1 aromatic heterocycles. The lowest BCUT2D eigenvalue weighted by Gasteiger charge is -2.34. The number of carbonyl (C=O) groups excluding carboxylic acids is 1. The molecule has 1 aliphatic heterocycles. The van der Waals surface area contributed by atoms with Crippen molar-refractivity contribution < 1.29 is 4.79 Å². The van der Waals surface area contributed by atoms with Crippen LogP contribution in [-0.4, -0.2) is 22.6 Å². The van der Waals surface area contributed by atoms with Crippen LogP contribution in [0.4, 0.5) is 5.69 Å². The van der Waals surface area contributed by atoms with Crippen molar-refractivity contribution in [2.75, 3.05) is 11.4 Å². The van der Waals surface area contributed by atoms with Gasteiger partial charge in [-0.25, -0.2) is 0 Å². The van der Waals surface area contributed by atoms with Crippen LogP contribution in [0.15, 0.2) is 18.3 Å². The van der Waals surface area contributed by atoms with E-state index >= 15 is 0 Å². The van der Waals surface area contributed by atoms with Crippen LogP contribution in [0, 0.1) is 5.41 Å². The molecular weight excluding hydrogens is 238 g/mol. The van der Waals surface area contributed by atoms with Gasteiger partial charge >= 0.3 is 0 Å². The number of H-pyrrole nitrogens is 1. The smallest absolute Gasteiger partial charge is 0.227 e. The summed E-state index contributed by atoms with van der Waals surface area (Å²) >= 11 is 0. The van der Waals surface area contributed by atoms with Gasteiger partial charge in [-0.1, -0.05) is 26.8 Å². The second-order valence-electron chi connectivity index (χ2n) is 6.45. The number of nitrogens with zero attached hydrogens (tertiary/aromatic N) is 2. The monoisotopic (exact) mass is 257 g/mol. The van der Waals surface area contributed by atoms with Crippen molar-refractivity contribution in [2.45, 2.75) is 33.6 Å². The van der Waals surface area contributed by atoms with Gasteiger partial charge in [-0.2, -0.15) is 5.10 Å². The normalized spacial score (nSPS) is 15.9. The Morgan fingerprint density at radius 1 is 1.32 bits per heavy atom. The minimum absolute atomic E-state index is 0.0795. The SMILES string of the molecule is CC(C)(C)CN1C(=O)CCc2ccc3[nH]ncc3c21. The molecule has 0 atom stereocenters. The van der Waals surface area contributed by atoms with Gasteiger partial charge in [-0.3, -0.25) is 9.89 Å². The molecule has 0 saturated carbocycles. The summed E-state index contributed by atoms with van der Waals surface area (Å²) in [7, 11) is 0. The number of anilines is 1. The predicted molar refractivity (Wildman–Crippen MR) is 76.2 cm³/mol. The van der Waals surface area contributed by atoms with Crippen LogP contribution in [0.1, 0.15) is 32.8 Å². The molecule has 19 heavy (non-hydrogen) atoms. The molecular formula is C15H19N3O. The number of fused-ring (bicyclic) bond motifs is 3. The maximum atomic E-state index is 12.3. The van der Waals surface area contributed by atoms with Gasteiger partial charge in [0.25, 0.3) is 0 Å². The zero-order chi connectivity index (χ0) is 13.6. The molecule has 4 heteroatoms. The molecule has 1 amide bonds. The number of rotatable bonds is 1. The summed E-state index contributed by atoms with van der Waals surface area (Å²) < 4.78 is 0. The number of amides is 1. The van der Waals surface area contributed by atoms with Crippen molar-refractivity contribution in [3.63, 3.8) is 0 Å². The number of benzene rings is 1. The van der Waals surface area contributed by atoms with E-state index in [4.69, 9.17) is 0 Å². The van der Waals surface area contributed by atoms with Crippen LogP contribution in [-0.2, 0) is 11.2 Å². The summed E-state index contributed by atoms with van der Waals surface area (Å²) in [6.07, 6.45) is 3.25. The fraction of sp³-hybridized carbons (Fsp3) is 0.467. The van der Waals surface area contributed by atoms with Crippen LogP contribution in [0.25, 0.3) is 10.9 Å². The summed E-state index contributed by atoms with van der Waals surface area (Å²) in [4.78, 5) is 14.2. The van der Waals surface area contributed by atoms with Crippen LogP contribution in [0.3, 0.4) is 0 Å². The van der Waals surface area contributed by atoms with Crippen molar-refractivity contribution in [1.82, 2.24) is 10.2 Å². The molecule has 3 rings (SSSR count). The number of aromatic amines is 1. The molecule has 0 radical (unpaired) electrons. The van der Waals surface area contributed by atoms with E-state index in [1.54, 1.807) is 0 Å². The Labute approximate surface area is 112 Å². The average molecular weight is 257 g/mol. The van der Waals surface area contributed by atoms with Crippen LogP contribution >= 0.6 is 0 Å². The number of aryl methyl sites for hydroxylation is 1. The molecule has 2 aromatic rings. The lowest BCUT2D eigenvalue weighted by atomic mass is 9.92. The van der Waals surface area contributed by atoms with Gasteiger partial charge in [0.2, 0.25) is 5.91 Å². The van der Waals surface area contributed by atoms with Gasteiger partial charge in [0.15, 0.2) is 0 Å². The highest BCUT2D eigenvalue weighted by molar-refractivity contribution is 6.05. The molecule has 0 saturated heterocycles. The number of hydrogen-bond acceptors (Lipinski definition) is 2. The number of hydrogen-bond donors (Lipinski definition) is 1. The molecule has 1 aromatic carbocycles. The molecule has 0 bridgehead atoms. The van der Waals surface area contributed by atoms with E-state index in [9.17, 15) is 4.79 Å². The Morgan fingerprint density at radius 2 is 2.11 bits per heavy atom. The third kappa shape index (κ3) is 2.11. The maximum Gasteiger partial charge on any atom is 0.227 e. The Balaban J connectivity index is 2.16. The predicted octanol–water partition coefficient (Wildman–Crippen LogP) is 2.89. The zero-order valence-corrected chi connectivity index (χ0v) is 11.7. The Kier molecular flexibility index (Phi) is 2.62. The standard InChI is InChI=1S/C15H19N3O/c1-15(2,3)9-18-13(19)7-5-10-4-6-12-11(14(10)18)8-16-17-12/h4,6,8H,5,7,9H2,1-3H3,(H,16,17). The summed E-state index contributed by atoms with van der Waals surface area (Å²) in [6, 6.07) is 4.16. The van der Waals surface area contributed by atoms with Crippen molar-refractivity contribution in [2.24, 2.45) is 5.41 Å². The molecule has 2 heterocycles. The highest BCUT2D eigenvalue weighted by atomic mass is 16.2. The number of nitrogens with one attached hydrogen (secondary N) is 1. The largest absolute Gasteiger partial charge is 0.311 e. The van der Waals surface area contributed by atoms with E-state index in [0.29, 0.717) is 6.42 Å². The van der Waals surface area contributed by atoms with E-state index in [1.807, 2.05) is 17.2 Å². The van der Waals surface area contributed by atoms with Gasteiger partial charge in [-0.15, -0.1) is 0 Å². The summed E-state index contributed by atoms with van der Waals surface area (Å²) in [5, 5.41) is 8.13. The lowest BCUT2D eigenvalue weighted by molar-refractivity contribution is -0.119. The first-order chi connectivity index (χ1) is 8.96. The van der Waals surface area contributed by atoms with Crippen LogP contribution in [0.2, 0.25) is 0 Å². The Bertz CT molecular complexity index is 636. The molecule has 0 aliphatic carbocycles. The van der Waals surface area contributed by atoms with Gasteiger partial charge in [-0.05, 0) is 23.5 Å². The summed E-state index contributed by atoms with van der Waals surface area (Å²) in [6.45, 7) is 7.21. The molecule has 1 N–H and O–H groups in total. The third-order valence-corrected chi connectivity index (χ3v) is 3.49. The Hall–Kier alpha value is -1.84. The van der Waals surface area contributed by atoms with Gasteiger partial charge in [0.05, 0.1) is 17.4 Å². The highest BCUT2D eigenvalue weighted by Crippen LogP contribution is 2.36. The minimum atomic E-state index is 0.0795. The molecule has 4 nitrogen and oxygen atoms in total. The first kappa shape index (κ1) is 12.2. The topological polar surface area (TPSA) is 49.0 Å². The Morgan fingerprint density at radius 3 is 2.84 bits per heavy atom. The zero-order valence-electron chi connectivity index (χ0n) is 11.7.